The molecule has 1 nitrogen and oxygen atoms in total. The summed E-state index contributed by atoms with van der Waals surface area (Å²) in [5.41, 5.74) is 0.433. The first-order chi connectivity index (χ1) is 7.11. The molecule has 0 heterocycles. The zero-order valence-corrected chi connectivity index (χ0v) is 9.70. The Labute approximate surface area is 102 Å². The highest BCUT2D eigenvalue weighted by Gasteiger charge is 2.06. The van der Waals surface area contributed by atoms with Crippen LogP contribution in [0, 0.1) is 0 Å². The van der Waals surface area contributed by atoms with Crippen molar-refractivity contribution in [3.05, 3.63) is 44.9 Å². The van der Waals surface area contributed by atoms with Gasteiger partial charge in [-0.15, -0.1) is 0 Å². The van der Waals surface area contributed by atoms with E-state index in [9.17, 15) is 4.79 Å². The first-order valence-corrected chi connectivity index (χ1v) is 5.28. The van der Waals surface area contributed by atoms with Crippen molar-refractivity contribution < 1.29 is 4.79 Å². The van der Waals surface area contributed by atoms with Gasteiger partial charge < -0.3 is 0 Å². The lowest BCUT2D eigenvalue weighted by molar-refractivity contribution is 0.112. The third kappa shape index (κ3) is 1.96. The van der Waals surface area contributed by atoms with Crippen LogP contribution in [-0.4, -0.2) is 6.29 Å². The summed E-state index contributed by atoms with van der Waals surface area (Å²) in [4.78, 5) is 10.7. The van der Waals surface area contributed by atoms with Gasteiger partial charge in [0.25, 0.3) is 0 Å². The largest absolute Gasteiger partial charge is 0.298 e. The quantitative estimate of drug-likeness (QED) is 0.683. The molecule has 0 atom stereocenters. The summed E-state index contributed by atoms with van der Waals surface area (Å²) in [6.45, 7) is 0. The normalized spacial score (nSPS) is 10.6. The number of carbonyl (C=O) groups is 1. The fourth-order valence-corrected chi connectivity index (χ4v) is 2.19. The Balaban J connectivity index is 2.87. The number of halogens is 3. The summed E-state index contributed by atoms with van der Waals surface area (Å²) in [5, 5.41) is 3.04. The Morgan fingerprint density at radius 3 is 2.33 bits per heavy atom. The Kier molecular flexibility index (Phi) is 2.87. The molecule has 0 N–H and O–H groups in total. The monoisotopic (exact) mass is 258 g/mol. The van der Waals surface area contributed by atoms with E-state index in [1.807, 2.05) is 0 Å². The predicted octanol–water partition coefficient (Wildman–Crippen LogP) is 4.61. The molecule has 0 spiro atoms. The molecule has 2 rings (SSSR count). The number of fused-ring (bicyclic) bond motifs is 1. The van der Waals surface area contributed by atoms with Crippen LogP contribution in [0.5, 0.6) is 0 Å². The first-order valence-electron chi connectivity index (χ1n) is 4.15. The van der Waals surface area contributed by atoms with Gasteiger partial charge in [0.15, 0.2) is 6.29 Å². The summed E-state index contributed by atoms with van der Waals surface area (Å²) in [5.74, 6) is 0. The van der Waals surface area contributed by atoms with Crippen LogP contribution in [0.3, 0.4) is 0 Å². The minimum Gasteiger partial charge on any atom is -0.298 e. The van der Waals surface area contributed by atoms with Gasteiger partial charge in [-0.05, 0) is 29.7 Å². The number of carbonyl (C=O) groups excluding carboxylic acids is 1. The molecule has 0 saturated carbocycles. The maximum atomic E-state index is 10.7. The molecule has 0 aromatic heterocycles. The van der Waals surface area contributed by atoms with Crippen molar-refractivity contribution in [3.8, 4) is 0 Å². The highest BCUT2D eigenvalue weighted by atomic mass is 35.5. The standard InChI is InChI=1S/C11H5Cl3O/c12-8-2-6-1-7(5-15)10(13)4-9(6)11(14)3-8/h1-5H. The fourth-order valence-electron chi connectivity index (χ4n) is 1.41. The summed E-state index contributed by atoms with van der Waals surface area (Å²) < 4.78 is 0. The first kappa shape index (κ1) is 10.7. The van der Waals surface area contributed by atoms with Crippen LogP contribution < -0.4 is 0 Å². The molecular weight excluding hydrogens is 254 g/mol. The van der Waals surface area contributed by atoms with E-state index in [1.165, 1.54) is 0 Å². The molecule has 0 bridgehead atoms. The van der Waals surface area contributed by atoms with Crippen LogP contribution in [0.4, 0.5) is 0 Å². The van der Waals surface area contributed by atoms with Crippen molar-refractivity contribution in [2.45, 2.75) is 0 Å². The molecule has 76 valence electrons. The van der Waals surface area contributed by atoms with Gasteiger partial charge in [-0.1, -0.05) is 34.8 Å². The summed E-state index contributed by atoms with van der Waals surface area (Å²) >= 11 is 17.7. The van der Waals surface area contributed by atoms with Crippen LogP contribution in [-0.2, 0) is 0 Å². The molecule has 0 amide bonds. The molecule has 0 aliphatic carbocycles. The van der Waals surface area contributed by atoms with Crippen molar-refractivity contribution in [1.82, 2.24) is 0 Å². The SMILES string of the molecule is O=Cc1cc2cc(Cl)cc(Cl)c2cc1Cl. The third-order valence-electron chi connectivity index (χ3n) is 2.11. The lowest BCUT2D eigenvalue weighted by atomic mass is 10.1. The van der Waals surface area contributed by atoms with Gasteiger partial charge in [0.1, 0.15) is 0 Å². The second kappa shape index (κ2) is 4.01. The molecule has 4 heteroatoms. The average molecular weight is 260 g/mol. The van der Waals surface area contributed by atoms with Gasteiger partial charge in [-0.25, -0.2) is 0 Å². The van der Waals surface area contributed by atoms with E-state index < -0.39 is 0 Å². The zero-order valence-electron chi connectivity index (χ0n) is 7.43. The third-order valence-corrected chi connectivity index (χ3v) is 2.97. The highest BCUT2D eigenvalue weighted by molar-refractivity contribution is 6.40. The molecule has 0 aliphatic rings. The van der Waals surface area contributed by atoms with Crippen LogP contribution in [0.2, 0.25) is 15.1 Å². The topological polar surface area (TPSA) is 17.1 Å². The van der Waals surface area contributed by atoms with E-state index in [0.717, 1.165) is 10.8 Å². The summed E-state index contributed by atoms with van der Waals surface area (Å²) in [6, 6.07) is 6.72. The van der Waals surface area contributed by atoms with Crippen LogP contribution >= 0.6 is 34.8 Å². The Hall–Kier alpha value is -0.760. The lowest BCUT2D eigenvalue weighted by Gasteiger charge is -2.04. The van der Waals surface area contributed by atoms with Gasteiger partial charge in [-0.2, -0.15) is 0 Å². The summed E-state index contributed by atoms with van der Waals surface area (Å²) in [6.07, 6.45) is 0.705. The van der Waals surface area contributed by atoms with Crippen molar-refractivity contribution in [2.75, 3.05) is 0 Å². The van der Waals surface area contributed by atoms with Gasteiger partial charge >= 0.3 is 0 Å². The van der Waals surface area contributed by atoms with Crippen molar-refractivity contribution >= 4 is 51.9 Å². The number of rotatable bonds is 1. The molecule has 2 aromatic carbocycles. The number of hydrogen-bond donors (Lipinski definition) is 0. The van der Waals surface area contributed by atoms with E-state index in [2.05, 4.69) is 0 Å². The van der Waals surface area contributed by atoms with Crippen LogP contribution in [0.15, 0.2) is 24.3 Å². The van der Waals surface area contributed by atoms with Crippen molar-refractivity contribution in [2.24, 2.45) is 0 Å². The molecule has 0 aliphatic heterocycles. The summed E-state index contributed by atoms with van der Waals surface area (Å²) in [7, 11) is 0. The highest BCUT2D eigenvalue weighted by Crippen LogP contribution is 2.31. The number of benzene rings is 2. The maximum absolute atomic E-state index is 10.7. The Morgan fingerprint density at radius 2 is 1.67 bits per heavy atom. The maximum Gasteiger partial charge on any atom is 0.151 e. The molecular formula is C11H5Cl3O. The van der Waals surface area contributed by atoms with Gasteiger partial charge in [0.05, 0.1) is 5.02 Å². The molecule has 0 unspecified atom stereocenters. The number of aldehydes is 1. The van der Waals surface area contributed by atoms with E-state index >= 15 is 0 Å². The fraction of sp³-hybridized carbons (Fsp3) is 0. The van der Waals surface area contributed by atoms with Gasteiger partial charge in [-0.3, -0.25) is 4.79 Å². The average Bonchev–Trinajstić information content (AvgIpc) is 2.18. The van der Waals surface area contributed by atoms with E-state index in [4.69, 9.17) is 34.8 Å². The molecule has 15 heavy (non-hydrogen) atoms. The minimum atomic E-state index is 0.390. The van der Waals surface area contributed by atoms with Crippen molar-refractivity contribution in [1.29, 1.82) is 0 Å². The van der Waals surface area contributed by atoms with Crippen LogP contribution in [0.25, 0.3) is 10.8 Å². The molecule has 2 aromatic rings. The zero-order chi connectivity index (χ0) is 11.0. The van der Waals surface area contributed by atoms with Crippen LogP contribution in [0.1, 0.15) is 10.4 Å². The van der Waals surface area contributed by atoms with Crippen molar-refractivity contribution in [3.63, 3.8) is 0 Å². The molecule has 0 radical (unpaired) electrons. The minimum absolute atomic E-state index is 0.390. The Morgan fingerprint density at radius 1 is 0.933 bits per heavy atom. The van der Waals surface area contributed by atoms with E-state index in [-0.39, 0.29) is 0 Å². The second-order valence-electron chi connectivity index (χ2n) is 3.10. The molecule has 0 saturated heterocycles. The molecule has 0 fully saturated rings. The van der Waals surface area contributed by atoms with Gasteiger partial charge in [0.2, 0.25) is 0 Å². The number of hydrogen-bond acceptors (Lipinski definition) is 1. The predicted molar refractivity (Wildman–Crippen MR) is 64.4 cm³/mol. The Bertz CT molecular complexity index is 549. The second-order valence-corrected chi connectivity index (χ2v) is 4.35. The smallest absolute Gasteiger partial charge is 0.151 e. The van der Waals surface area contributed by atoms with Gasteiger partial charge in [0, 0.05) is 21.0 Å². The van der Waals surface area contributed by atoms with E-state index in [0.29, 0.717) is 26.9 Å². The van der Waals surface area contributed by atoms with E-state index in [1.54, 1.807) is 24.3 Å². The lowest BCUT2D eigenvalue weighted by Crippen LogP contribution is -1.84.